The fraction of sp³-hybridized carbons (Fsp3) is 1.00. The van der Waals surface area contributed by atoms with Gasteiger partial charge in [-0.25, -0.2) is 0 Å². The van der Waals surface area contributed by atoms with E-state index in [0.717, 1.165) is 19.8 Å². The summed E-state index contributed by atoms with van der Waals surface area (Å²) in [6.07, 6.45) is 5.25. The maximum Gasteiger partial charge on any atom is 0.162 e. The Morgan fingerprint density at radius 3 is 2.33 bits per heavy atom. The Balaban J connectivity index is 2.20. The summed E-state index contributed by atoms with van der Waals surface area (Å²) in [5, 5.41) is 3.58. The van der Waals surface area contributed by atoms with Crippen molar-refractivity contribution in [2.24, 2.45) is 5.41 Å². The zero-order chi connectivity index (χ0) is 13.6. The molecule has 0 radical (unpaired) electrons. The van der Waals surface area contributed by atoms with Crippen molar-refractivity contribution in [3.05, 3.63) is 0 Å². The molecule has 0 amide bonds. The van der Waals surface area contributed by atoms with E-state index in [1.165, 1.54) is 25.7 Å². The molecule has 1 heterocycles. The summed E-state index contributed by atoms with van der Waals surface area (Å²) in [5.74, 6) is -0.408. The summed E-state index contributed by atoms with van der Waals surface area (Å²) in [5.41, 5.74) is 0.363. The van der Waals surface area contributed by atoms with E-state index in [2.05, 4.69) is 26.1 Å². The first-order valence-corrected chi connectivity index (χ1v) is 7.36. The second-order valence-electron chi connectivity index (χ2n) is 6.72. The number of hydrogen-bond acceptors (Lipinski definition) is 3. The molecule has 1 aliphatic heterocycles. The van der Waals surface area contributed by atoms with Crippen LogP contribution >= 0.6 is 0 Å². The van der Waals surface area contributed by atoms with Crippen molar-refractivity contribution in [2.45, 2.75) is 72.1 Å². The third kappa shape index (κ3) is 6.17. The molecule has 1 rings (SSSR count). The number of hydrogen-bond donors (Lipinski definition) is 1. The largest absolute Gasteiger partial charge is 0.349 e. The molecule has 1 saturated heterocycles. The Kier molecular flexibility index (Phi) is 6.09. The van der Waals surface area contributed by atoms with Crippen molar-refractivity contribution in [3.8, 4) is 0 Å². The first kappa shape index (κ1) is 15.9. The van der Waals surface area contributed by atoms with Gasteiger partial charge >= 0.3 is 0 Å². The maximum absolute atomic E-state index is 5.66. The van der Waals surface area contributed by atoms with Gasteiger partial charge in [0.1, 0.15) is 0 Å². The van der Waals surface area contributed by atoms with Gasteiger partial charge in [-0.15, -0.1) is 0 Å². The lowest BCUT2D eigenvalue weighted by Crippen LogP contribution is -2.50. The van der Waals surface area contributed by atoms with Gasteiger partial charge in [-0.2, -0.15) is 0 Å². The van der Waals surface area contributed by atoms with Crippen molar-refractivity contribution in [1.82, 2.24) is 5.32 Å². The Labute approximate surface area is 113 Å². The maximum atomic E-state index is 5.66. The Bertz CT molecular complexity index is 229. The van der Waals surface area contributed by atoms with E-state index in [4.69, 9.17) is 9.47 Å². The third-order valence-electron chi connectivity index (χ3n) is 3.59. The molecule has 0 aromatic heterocycles. The number of ether oxygens (including phenoxy) is 2. The highest BCUT2D eigenvalue weighted by atomic mass is 16.7. The molecule has 0 unspecified atom stereocenters. The molecule has 1 aliphatic rings. The molecular weight excluding hydrogens is 226 g/mol. The van der Waals surface area contributed by atoms with Crippen molar-refractivity contribution in [2.75, 3.05) is 19.8 Å². The van der Waals surface area contributed by atoms with Crippen molar-refractivity contribution in [3.63, 3.8) is 0 Å². The van der Waals surface area contributed by atoms with Crippen LogP contribution in [0.25, 0.3) is 0 Å². The number of nitrogens with one attached hydrogen (secondary N) is 1. The molecule has 0 saturated carbocycles. The van der Waals surface area contributed by atoms with Gasteiger partial charge in [-0.3, -0.25) is 0 Å². The molecule has 0 aromatic rings. The van der Waals surface area contributed by atoms with E-state index in [1.807, 2.05) is 13.8 Å². The van der Waals surface area contributed by atoms with Crippen LogP contribution in [0, 0.1) is 5.41 Å². The molecule has 0 bridgehead atoms. The normalized spacial score (nSPS) is 21.2. The fourth-order valence-electron chi connectivity index (χ4n) is 2.17. The van der Waals surface area contributed by atoms with E-state index >= 15 is 0 Å². The molecule has 0 atom stereocenters. The molecule has 3 nitrogen and oxygen atoms in total. The Morgan fingerprint density at radius 2 is 1.78 bits per heavy atom. The van der Waals surface area contributed by atoms with Crippen LogP contribution in [0.3, 0.4) is 0 Å². The van der Waals surface area contributed by atoms with Gasteiger partial charge in [0.25, 0.3) is 0 Å². The average molecular weight is 257 g/mol. The lowest BCUT2D eigenvalue weighted by atomic mass is 9.86. The lowest BCUT2D eigenvalue weighted by molar-refractivity contribution is -0.253. The molecule has 0 aromatic carbocycles. The first-order valence-electron chi connectivity index (χ1n) is 7.36. The lowest BCUT2D eigenvalue weighted by Gasteiger charge is -2.37. The highest BCUT2D eigenvalue weighted by Gasteiger charge is 2.29. The van der Waals surface area contributed by atoms with Gasteiger partial charge in [-0.05, 0) is 25.7 Å². The Hall–Kier alpha value is -0.120. The summed E-state index contributed by atoms with van der Waals surface area (Å²) in [7, 11) is 0. The van der Waals surface area contributed by atoms with Crippen LogP contribution in [0.5, 0.6) is 0 Å². The van der Waals surface area contributed by atoms with Crippen LogP contribution in [0.15, 0.2) is 0 Å². The van der Waals surface area contributed by atoms with Crippen molar-refractivity contribution < 1.29 is 9.47 Å². The Morgan fingerprint density at radius 1 is 1.17 bits per heavy atom. The summed E-state index contributed by atoms with van der Waals surface area (Å²) in [4.78, 5) is 0. The quantitative estimate of drug-likeness (QED) is 0.710. The first-order chi connectivity index (χ1) is 8.35. The van der Waals surface area contributed by atoms with Gasteiger partial charge in [0.05, 0.1) is 19.3 Å². The molecular formula is C15H31NO2. The smallest absolute Gasteiger partial charge is 0.162 e. The van der Waals surface area contributed by atoms with Gasteiger partial charge in [0.2, 0.25) is 0 Å². The van der Waals surface area contributed by atoms with Crippen LogP contribution in [0.1, 0.15) is 60.3 Å². The molecule has 1 N–H and O–H groups in total. The van der Waals surface area contributed by atoms with Gasteiger partial charge in [0, 0.05) is 6.54 Å². The van der Waals surface area contributed by atoms with Crippen LogP contribution < -0.4 is 5.32 Å². The minimum Gasteiger partial charge on any atom is -0.349 e. The van der Waals surface area contributed by atoms with Gasteiger partial charge in [-0.1, -0.05) is 40.0 Å². The van der Waals surface area contributed by atoms with Gasteiger partial charge in [0.15, 0.2) is 5.79 Å². The monoisotopic (exact) mass is 257 g/mol. The van der Waals surface area contributed by atoms with E-state index in [-0.39, 0.29) is 0 Å². The molecule has 18 heavy (non-hydrogen) atoms. The van der Waals surface area contributed by atoms with Crippen LogP contribution in [-0.4, -0.2) is 31.6 Å². The van der Waals surface area contributed by atoms with Gasteiger partial charge < -0.3 is 14.8 Å². The van der Waals surface area contributed by atoms with Crippen LogP contribution in [-0.2, 0) is 9.47 Å². The second kappa shape index (κ2) is 6.88. The third-order valence-corrected chi connectivity index (χ3v) is 3.59. The van der Waals surface area contributed by atoms with E-state index in [0.29, 0.717) is 11.5 Å². The van der Waals surface area contributed by atoms with Crippen LogP contribution in [0.2, 0.25) is 0 Å². The second-order valence-corrected chi connectivity index (χ2v) is 6.72. The standard InChI is InChI=1S/C15H31NO2/c1-6-7-8-9-14(2,3)12-16-13-10-17-15(4,5)18-11-13/h13,16H,6-12H2,1-5H3. The van der Waals surface area contributed by atoms with E-state index in [1.54, 1.807) is 0 Å². The highest BCUT2D eigenvalue weighted by molar-refractivity contribution is 4.78. The number of unbranched alkanes of at least 4 members (excludes halogenated alkanes) is 2. The van der Waals surface area contributed by atoms with Crippen LogP contribution in [0.4, 0.5) is 0 Å². The minimum absolute atomic E-state index is 0.337. The highest BCUT2D eigenvalue weighted by Crippen LogP contribution is 2.23. The molecule has 0 spiro atoms. The van der Waals surface area contributed by atoms with Crippen molar-refractivity contribution >= 4 is 0 Å². The summed E-state index contributed by atoms with van der Waals surface area (Å²) in [6, 6.07) is 0.337. The molecule has 1 fully saturated rings. The van der Waals surface area contributed by atoms with Crippen molar-refractivity contribution in [1.29, 1.82) is 0 Å². The van der Waals surface area contributed by atoms with E-state index in [9.17, 15) is 0 Å². The number of rotatable bonds is 7. The predicted octanol–water partition coefficient (Wildman–Crippen LogP) is 3.33. The van der Waals surface area contributed by atoms with E-state index < -0.39 is 5.79 Å². The SMILES string of the molecule is CCCCCC(C)(C)CNC1COC(C)(C)OC1. The molecule has 3 heteroatoms. The summed E-state index contributed by atoms with van der Waals surface area (Å²) < 4.78 is 11.3. The minimum atomic E-state index is -0.408. The zero-order valence-electron chi connectivity index (χ0n) is 12.8. The predicted molar refractivity (Wildman–Crippen MR) is 75.7 cm³/mol. The topological polar surface area (TPSA) is 30.5 Å². The molecule has 0 aliphatic carbocycles. The average Bonchev–Trinajstić information content (AvgIpc) is 2.28. The zero-order valence-corrected chi connectivity index (χ0v) is 12.8. The molecule has 108 valence electrons. The fourth-order valence-corrected chi connectivity index (χ4v) is 2.17. The summed E-state index contributed by atoms with van der Waals surface area (Å²) in [6.45, 7) is 13.4. The summed E-state index contributed by atoms with van der Waals surface area (Å²) >= 11 is 0.